The van der Waals surface area contributed by atoms with Crippen LogP contribution in [0, 0.1) is 5.92 Å². The summed E-state index contributed by atoms with van der Waals surface area (Å²) in [7, 11) is 3.55. The zero-order valence-corrected chi connectivity index (χ0v) is 17.4. The number of para-hydroxylation sites is 1. The van der Waals surface area contributed by atoms with Crippen LogP contribution >= 0.6 is 0 Å². The number of hydrogen-bond acceptors (Lipinski definition) is 3. The molecule has 3 rings (SSSR count). The van der Waals surface area contributed by atoms with Crippen LogP contribution in [0.1, 0.15) is 38.5 Å². The van der Waals surface area contributed by atoms with E-state index in [4.69, 9.17) is 0 Å². The Morgan fingerprint density at radius 2 is 1.89 bits per heavy atom. The summed E-state index contributed by atoms with van der Waals surface area (Å²) < 4.78 is 0. The van der Waals surface area contributed by atoms with Crippen molar-refractivity contribution in [2.75, 3.05) is 45.2 Å². The van der Waals surface area contributed by atoms with Crippen LogP contribution in [0.25, 0.3) is 0 Å². The van der Waals surface area contributed by atoms with Gasteiger partial charge in [-0.15, -0.1) is 0 Å². The van der Waals surface area contributed by atoms with E-state index in [0.29, 0.717) is 6.04 Å². The molecule has 2 fully saturated rings. The number of rotatable bonds is 6. The van der Waals surface area contributed by atoms with E-state index in [-0.39, 0.29) is 12.5 Å². The molecule has 2 N–H and O–H groups in total. The van der Waals surface area contributed by atoms with Crippen molar-refractivity contribution in [3.8, 4) is 0 Å². The lowest BCUT2D eigenvalue weighted by Crippen LogP contribution is -2.46. The predicted octanol–water partition coefficient (Wildman–Crippen LogP) is 2.47. The Morgan fingerprint density at radius 1 is 1.14 bits per heavy atom. The highest BCUT2D eigenvalue weighted by atomic mass is 16.2. The van der Waals surface area contributed by atoms with E-state index < -0.39 is 0 Å². The zero-order chi connectivity index (χ0) is 19.8. The third-order valence-corrected chi connectivity index (χ3v) is 5.80. The van der Waals surface area contributed by atoms with Gasteiger partial charge in [0, 0.05) is 45.5 Å². The summed E-state index contributed by atoms with van der Waals surface area (Å²) in [4.78, 5) is 20.6. The van der Waals surface area contributed by atoms with Crippen molar-refractivity contribution < 1.29 is 4.79 Å². The maximum absolute atomic E-state index is 12.0. The van der Waals surface area contributed by atoms with E-state index in [2.05, 4.69) is 50.9 Å². The van der Waals surface area contributed by atoms with Gasteiger partial charge in [-0.05, 0) is 37.3 Å². The topological polar surface area (TPSA) is 60.0 Å². The summed E-state index contributed by atoms with van der Waals surface area (Å²) in [6.45, 7) is 3.11. The summed E-state index contributed by atoms with van der Waals surface area (Å²) in [6.07, 6.45) is 7.69. The number of carbonyl (C=O) groups is 1. The first kappa shape index (κ1) is 20.5. The largest absolute Gasteiger partial charge is 0.369 e. The molecule has 28 heavy (non-hydrogen) atoms. The van der Waals surface area contributed by atoms with Crippen molar-refractivity contribution in [3.63, 3.8) is 0 Å². The maximum atomic E-state index is 12.0. The molecular formula is C22H35N5O. The number of amides is 1. The number of guanidine groups is 1. The Kier molecular flexibility index (Phi) is 7.57. The molecule has 1 aliphatic carbocycles. The van der Waals surface area contributed by atoms with E-state index in [9.17, 15) is 4.79 Å². The number of likely N-dealkylation sites (N-methyl/N-ethyl adjacent to an activating group) is 1. The van der Waals surface area contributed by atoms with Crippen LogP contribution in [-0.4, -0.2) is 63.1 Å². The van der Waals surface area contributed by atoms with Gasteiger partial charge >= 0.3 is 0 Å². The number of aliphatic imine (C=N–C) groups is 1. The van der Waals surface area contributed by atoms with Gasteiger partial charge in [0.05, 0.1) is 0 Å². The standard InChI is InChI=1S/C22H35N5O/c1-26(2)21(28)16-24-22(23-15-18-9-5-3-6-10-18)25-19-13-14-27(17-19)20-11-7-4-8-12-20/h4,7-8,11-12,18-19H,3,5-6,9-10,13-17H2,1-2H3,(H2,23,24,25). The van der Waals surface area contributed by atoms with Gasteiger partial charge in [-0.1, -0.05) is 37.5 Å². The smallest absolute Gasteiger partial charge is 0.243 e. The second-order valence-electron chi connectivity index (χ2n) is 8.25. The Labute approximate surface area is 169 Å². The lowest BCUT2D eigenvalue weighted by molar-refractivity contribution is -0.127. The van der Waals surface area contributed by atoms with Crippen LogP contribution in [0.15, 0.2) is 35.3 Å². The molecule has 1 aliphatic heterocycles. The van der Waals surface area contributed by atoms with Gasteiger partial charge in [-0.25, -0.2) is 4.99 Å². The molecule has 0 spiro atoms. The molecule has 1 aromatic carbocycles. The van der Waals surface area contributed by atoms with Crippen LogP contribution in [-0.2, 0) is 4.79 Å². The Hall–Kier alpha value is -2.24. The highest BCUT2D eigenvalue weighted by Crippen LogP contribution is 2.23. The fourth-order valence-corrected chi connectivity index (χ4v) is 4.02. The lowest BCUT2D eigenvalue weighted by Gasteiger charge is -2.24. The molecule has 0 bridgehead atoms. The fraction of sp³-hybridized carbons (Fsp3) is 0.636. The van der Waals surface area contributed by atoms with E-state index in [1.54, 1.807) is 19.0 Å². The molecular weight excluding hydrogens is 350 g/mol. The van der Waals surface area contributed by atoms with E-state index in [0.717, 1.165) is 37.9 Å². The third-order valence-electron chi connectivity index (χ3n) is 5.80. The van der Waals surface area contributed by atoms with Gasteiger partial charge in [0.25, 0.3) is 0 Å². The second-order valence-corrected chi connectivity index (χ2v) is 8.25. The summed E-state index contributed by atoms with van der Waals surface area (Å²) >= 11 is 0. The summed E-state index contributed by atoms with van der Waals surface area (Å²) in [5, 5.41) is 7.09. The van der Waals surface area contributed by atoms with Gasteiger partial charge in [0.2, 0.25) is 5.91 Å². The van der Waals surface area contributed by atoms with Crippen LogP contribution in [0.5, 0.6) is 0 Å². The monoisotopic (exact) mass is 385 g/mol. The number of hydrogen-bond donors (Lipinski definition) is 2. The van der Waals surface area contributed by atoms with Gasteiger partial charge in [0.15, 0.2) is 5.96 Å². The maximum Gasteiger partial charge on any atom is 0.243 e. The number of benzene rings is 1. The number of anilines is 1. The Balaban J connectivity index is 1.56. The van der Waals surface area contributed by atoms with Crippen LogP contribution in [0.4, 0.5) is 5.69 Å². The molecule has 6 heteroatoms. The Bertz CT molecular complexity index is 640. The summed E-state index contributed by atoms with van der Waals surface area (Å²) in [5.41, 5.74) is 1.27. The minimum absolute atomic E-state index is 0.0242. The highest BCUT2D eigenvalue weighted by Gasteiger charge is 2.24. The fourth-order valence-electron chi connectivity index (χ4n) is 4.02. The second kappa shape index (κ2) is 10.3. The number of nitrogens with one attached hydrogen (secondary N) is 2. The normalized spacial score (nSPS) is 20.9. The zero-order valence-electron chi connectivity index (χ0n) is 17.4. The minimum atomic E-state index is 0.0242. The molecule has 0 radical (unpaired) electrons. The van der Waals surface area contributed by atoms with Gasteiger partial charge in [-0.3, -0.25) is 4.79 Å². The molecule has 2 aliphatic rings. The van der Waals surface area contributed by atoms with Crippen LogP contribution in [0.2, 0.25) is 0 Å². The average molecular weight is 386 g/mol. The average Bonchev–Trinajstić information content (AvgIpc) is 3.19. The Morgan fingerprint density at radius 3 is 2.61 bits per heavy atom. The molecule has 0 aromatic heterocycles. The number of carbonyl (C=O) groups excluding carboxylic acids is 1. The molecule has 1 saturated heterocycles. The van der Waals surface area contributed by atoms with Gasteiger partial charge in [-0.2, -0.15) is 0 Å². The SMILES string of the molecule is CN(C)C(=O)CN=C(NCC1CCCCC1)NC1CCN(c2ccccc2)C1. The predicted molar refractivity (Wildman–Crippen MR) is 116 cm³/mol. The van der Waals surface area contributed by atoms with Crippen molar-refractivity contribution in [1.82, 2.24) is 15.5 Å². The minimum Gasteiger partial charge on any atom is -0.369 e. The molecule has 1 heterocycles. The van der Waals surface area contributed by atoms with Crippen molar-refractivity contribution >= 4 is 17.6 Å². The molecule has 154 valence electrons. The molecule has 1 atom stereocenters. The van der Waals surface area contributed by atoms with Gasteiger partial charge in [0.1, 0.15) is 6.54 Å². The van der Waals surface area contributed by atoms with E-state index in [1.807, 2.05) is 0 Å². The first-order valence-corrected chi connectivity index (χ1v) is 10.7. The van der Waals surface area contributed by atoms with Gasteiger partial charge < -0.3 is 20.4 Å². The van der Waals surface area contributed by atoms with Crippen molar-refractivity contribution in [2.45, 2.75) is 44.6 Å². The van der Waals surface area contributed by atoms with Crippen molar-refractivity contribution in [2.24, 2.45) is 10.9 Å². The molecule has 1 aromatic rings. The third kappa shape index (κ3) is 6.14. The van der Waals surface area contributed by atoms with Crippen LogP contribution < -0.4 is 15.5 Å². The summed E-state index contributed by atoms with van der Waals surface area (Å²) in [6, 6.07) is 10.9. The highest BCUT2D eigenvalue weighted by molar-refractivity contribution is 5.85. The lowest BCUT2D eigenvalue weighted by atomic mass is 9.89. The van der Waals surface area contributed by atoms with Crippen LogP contribution in [0.3, 0.4) is 0 Å². The van der Waals surface area contributed by atoms with Crippen molar-refractivity contribution in [3.05, 3.63) is 30.3 Å². The summed E-state index contributed by atoms with van der Waals surface area (Å²) in [5.74, 6) is 1.52. The van der Waals surface area contributed by atoms with E-state index >= 15 is 0 Å². The quantitative estimate of drug-likeness (QED) is 0.583. The molecule has 1 saturated carbocycles. The van der Waals surface area contributed by atoms with E-state index in [1.165, 1.54) is 37.8 Å². The first-order valence-electron chi connectivity index (χ1n) is 10.7. The molecule has 6 nitrogen and oxygen atoms in total. The number of nitrogens with zero attached hydrogens (tertiary/aromatic N) is 3. The molecule has 1 amide bonds. The first-order chi connectivity index (χ1) is 13.6. The van der Waals surface area contributed by atoms with Crippen molar-refractivity contribution in [1.29, 1.82) is 0 Å². The molecule has 1 unspecified atom stereocenters.